The molecule has 2 aliphatic rings. The van der Waals surface area contributed by atoms with E-state index in [-0.39, 0.29) is 0 Å². The SMILES string of the molecule is CC1(CNCc2ccc3c(c2)CCO3)CCC1. The Hall–Kier alpha value is -1.02. The Morgan fingerprint density at radius 1 is 1.35 bits per heavy atom. The highest BCUT2D eigenvalue weighted by Crippen LogP contribution is 2.39. The minimum atomic E-state index is 0.569. The minimum Gasteiger partial charge on any atom is -0.493 e. The Bertz CT molecular complexity index is 409. The third-order valence-electron chi connectivity index (χ3n) is 4.20. The van der Waals surface area contributed by atoms with Gasteiger partial charge < -0.3 is 10.1 Å². The summed E-state index contributed by atoms with van der Waals surface area (Å²) >= 11 is 0. The second kappa shape index (κ2) is 4.34. The summed E-state index contributed by atoms with van der Waals surface area (Å²) in [5, 5.41) is 3.59. The molecule has 1 saturated carbocycles. The van der Waals surface area contributed by atoms with Crippen molar-refractivity contribution in [3.63, 3.8) is 0 Å². The number of hydrogen-bond acceptors (Lipinski definition) is 2. The summed E-state index contributed by atoms with van der Waals surface area (Å²) in [6.45, 7) is 5.38. The summed E-state index contributed by atoms with van der Waals surface area (Å²) in [5.41, 5.74) is 3.33. The molecule has 0 bridgehead atoms. The van der Waals surface area contributed by atoms with E-state index in [1.807, 2.05) is 0 Å². The molecule has 0 spiro atoms. The third-order valence-corrected chi connectivity index (χ3v) is 4.20. The van der Waals surface area contributed by atoms with Crippen molar-refractivity contribution in [1.29, 1.82) is 0 Å². The van der Waals surface area contributed by atoms with Crippen molar-refractivity contribution in [3.05, 3.63) is 29.3 Å². The van der Waals surface area contributed by atoms with Crippen LogP contribution in [-0.2, 0) is 13.0 Å². The van der Waals surface area contributed by atoms with Crippen LogP contribution in [0.2, 0.25) is 0 Å². The largest absolute Gasteiger partial charge is 0.493 e. The summed E-state index contributed by atoms with van der Waals surface area (Å²) in [6.07, 6.45) is 5.26. The fourth-order valence-corrected chi connectivity index (χ4v) is 2.82. The van der Waals surface area contributed by atoms with E-state index in [1.165, 1.54) is 30.4 Å². The molecule has 0 amide bonds. The van der Waals surface area contributed by atoms with Crippen LogP contribution in [0.1, 0.15) is 37.3 Å². The maximum atomic E-state index is 5.52. The predicted molar refractivity (Wildman–Crippen MR) is 69.3 cm³/mol. The molecule has 1 aromatic carbocycles. The van der Waals surface area contributed by atoms with Gasteiger partial charge in [-0.1, -0.05) is 25.5 Å². The van der Waals surface area contributed by atoms with E-state index in [2.05, 4.69) is 30.4 Å². The lowest BCUT2D eigenvalue weighted by Gasteiger charge is -2.38. The number of nitrogens with one attached hydrogen (secondary N) is 1. The first kappa shape index (κ1) is 11.1. The van der Waals surface area contributed by atoms with Gasteiger partial charge in [-0.3, -0.25) is 0 Å². The van der Waals surface area contributed by atoms with Crippen LogP contribution in [0.3, 0.4) is 0 Å². The third kappa shape index (κ3) is 2.32. The average molecular weight is 231 g/mol. The molecule has 1 aromatic rings. The van der Waals surface area contributed by atoms with Gasteiger partial charge in [0.15, 0.2) is 0 Å². The number of rotatable bonds is 4. The highest BCUT2D eigenvalue weighted by Gasteiger charge is 2.30. The van der Waals surface area contributed by atoms with Crippen molar-refractivity contribution in [1.82, 2.24) is 5.32 Å². The van der Waals surface area contributed by atoms with E-state index >= 15 is 0 Å². The zero-order valence-corrected chi connectivity index (χ0v) is 10.6. The Labute approximate surface area is 103 Å². The number of fused-ring (bicyclic) bond motifs is 1. The standard InChI is InChI=1S/C15H21NO/c1-15(6-2-7-15)11-16-10-12-3-4-14-13(9-12)5-8-17-14/h3-4,9,16H,2,5-8,10-11H2,1H3. The zero-order valence-electron chi connectivity index (χ0n) is 10.6. The van der Waals surface area contributed by atoms with Gasteiger partial charge in [-0.25, -0.2) is 0 Å². The smallest absolute Gasteiger partial charge is 0.122 e. The fourth-order valence-electron chi connectivity index (χ4n) is 2.82. The number of ether oxygens (including phenoxy) is 1. The van der Waals surface area contributed by atoms with Crippen LogP contribution in [0.5, 0.6) is 5.75 Å². The molecular weight excluding hydrogens is 210 g/mol. The number of benzene rings is 1. The molecule has 17 heavy (non-hydrogen) atoms. The van der Waals surface area contributed by atoms with E-state index in [0.717, 1.165) is 31.9 Å². The lowest BCUT2D eigenvalue weighted by molar-refractivity contribution is 0.156. The predicted octanol–water partition coefficient (Wildman–Crippen LogP) is 2.90. The van der Waals surface area contributed by atoms with Crippen molar-refractivity contribution in [2.75, 3.05) is 13.2 Å². The van der Waals surface area contributed by atoms with Crippen molar-refractivity contribution in [2.24, 2.45) is 5.41 Å². The average Bonchev–Trinajstić information content (AvgIpc) is 2.74. The molecular formula is C15H21NO. The van der Waals surface area contributed by atoms with Crippen LogP contribution >= 0.6 is 0 Å². The maximum Gasteiger partial charge on any atom is 0.122 e. The molecule has 3 rings (SSSR count). The first-order chi connectivity index (χ1) is 8.25. The van der Waals surface area contributed by atoms with Crippen LogP contribution in [-0.4, -0.2) is 13.2 Å². The molecule has 1 aliphatic heterocycles. The first-order valence-electron chi connectivity index (χ1n) is 6.71. The van der Waals surface area contributed by atoms with Gasteiger partial charge in [0, 0.05) is 19.5 Å². The molecule has 0 aromatic heterocycles. The molecule has 0 saturated heterocycles. The quantitative estimate of drug-likeness (QED) is 0.860. The van der Waals surface area contributed by atoms with E-state index in [0.29, 0.717) is 5.41 Å². The van der Waals surface area contributed by atoms with Gasteiger partial charge in [0.05, 0.1) is 6.61 Å². The molecule has 0 atom stereocenters. The Morgan fingerprint density at radius 3 is 3.00 bits per heavy atom. The Balaban J connectivity index is 1.54. The number of hydrogen-bond donors (Lipinski definition) is 1. The molecule has 1 fully saturated rings. The van der Waals surface area contributed by atoms with Crippen LogP contribution in [0, 0.1) is 5.41 Å². The molecule has 2 heteroatoms. The van der Waals surface area contributed by atoms with Gasteiger partial charge >= 0.3 is 0 Å². The highest BCUT2D eigenvalue weighted by atomic mass is 16.5. The van der Waals surface area contributed by atoms with Crippen molar-refractivity contribution in [2.45, 2.75) is 39.2 Å². The summed E-state index contributed by atoms with van der Waals surface area (Å²) in [6, 6.07) is 6.59. The molecule has 1 heterocycles. The van der Waals surface area contributed by atoms with Crippen molar-refractivity contribution in [3.8, 4) is 5.75 Å². The van der Waals surface area contributed by atoms with E-state index in [1.54, 1.807) is 0 Å². The molecule has 0 radical (unpaired) electrons. The molecule has 0 unspecified atom stereocenters. The lowest BCUT2D eigenvalue weighted by Crippen LogP contribution is -2.36. The molecule has 1 aliphatic carbocycles. The molecule has 1 N–H and O–H groups in total. The summed E-state index contributed by atoms with van der Waals surface area (Å²) in [5.74, 6) is 1.08. The van der Waals surface area contributed by atoms with E-state index < -0.39 is 0 Å². The van der Waals surface area contributed by atoms with Crippen LogP contribution in [0.15, 0.2) is 18.2 Å². The van der Waals surface area contributed by atoms with Gasteiger partial charge in [0.25, 0.3) is 0 Å². The van der Waals surface area contributed by atoms with Gasteiger partial charge in [-0.2, -0.15) is 0 Å². The fraction of sp³-hybridized carbons (Fsp3) is 0.600. The Kier molecular flexibility index (Phi) is 2.83. The van der Waals surface area contributed by atoms with Gasteiger partial charge in [-0.15, -0.1) is 0 Å². The van der Waals surface area contributed by atoms with E-state index in [4.69, 9.17) is 4.74 Å². The zero-order chi connectivity index (χ0) is 11.7. The Morgan fingerprint density at radius 2 is 2.24 bits per heavy atom. The summed E-state index contributed by atoms with van der Waals surface area (Å²) < 4.78 is 5.52. The molecule has 2 nitrogen and oxygen atoms in total. The van der Waals surface area contributed by atoms with Crippen LogP contribution in [0.25, 0.3) is 0 Å². The summed E-state index contributed by atoms with van der Waals surface area (Å²) in [7, 11) is 0. The van der Waals surface area contributed by atoms with Gasteiger partial charge in [-0.05, 0) is 35.4 Å². The second-order valence-corrected chi connectivity index (χ2v) is 5.81. The molecule has 92 valence electrons. The van der Waals surface area contributed by atoms with Crippen molar-refractivity contribution >= 4 is 0 Å². The van der Waals surface area contributed by atoms with Crippen LogP contribution < -0.4 is 10.1 Å². The van der Waals surface area contributed by atoms with Crippen molar-refractivity contribution < 1.29 is 4.74 Å². The summed E-state index contributed by atoms with van der Waals surface area (Å²) in [4.78, 5) is 0. The highest BCUT2D eigenvalue weighted by molar-refractivity contribution is 5.39. The maximum absolute atomic E-state index is 5.52. The first-order valence-corrected chi connectivity index (χ1v) is 6.71. The van der Waals surface area contributed by atoms with Gasteiger partial charge in [0.2, 0.25) is 0 Å². The monoisotopic (exact) mass is 231 g/mol. The normalized spacial score (nSPS) is 20.5. The van der Waals surface area contributed by atoms with Gasteiger partial charge in [0.1, 0.15) is 5.75 Å². The topological polar surface area (TPSA) is 21.3 Å². The minimum absolute atomic E-state index is 0.569. The lowest BCUT2D eigenvalue weighted by atomic mass is 9.70. The van der Waals surface area contributed by atoms with E-state index in [9.17, 15) is 0 Å². The second-order valence-electron chi connectivity index (χ2n) is 5.81. The van der Waals surface area contributed by atoms with Crippen LogP contribution in [0.4, 0.5) is 0 Å².